The van der Waals surface area contributed by atoms with Gasteiger partial charge in [-0.05, 0) is 49.1 Å². The van der Waals surface area contributed by atoms with Gasteiger partial charge in [0.15, 0.2) is 5.78 Å². The molecule has 0 radical (unpaired) electrons. The first kappa shape index (κ1) is 20.2. The van der Waals surface area contributed by atoms with Crippen molar-refractivity contribution in [2.45, 2.75) is 37.5 Å². The second-order valence-electron chi connectivity index (χ2n) is 6.97. The van der Waals surface area contributed by atoms with E-state index in [-0.39, 0.29) is 16.2 Å². The van der Waals surface area contributed by atoms with E-state index in [0.717, 1.165) is 25.7 Å². The van der Waals surface area contributed by atoms with Crippen molar-refractivity contribution in [1.29, 1.82) is 0 Å². The van der Waals surface area contributed by atoms with Gasteiger partial charge in [-0.1, -0.05) is 37.1 Å². The van der Waals surface area contributed by atoms with Crippen LogP contribution < -0.4 is 0 Å². The first-order valence-electron chi connectivity index (χ1n) is 9.29. The van der Waals surface area contributed by atoms with Gasteiger partial charge in [0.25, 0.3) is 0 Å². The van der Waals surface area contributed by atoms with Crippen molar-refractivity contribution in [3.8, 4) is 11.1 Å². The molecular weight excluding hydrogens is 378 g/mol. The summed E-state index contributed by atoms with van der Waals surface area (Å²) < 4.78 is 27.8. The fraction of sp³-hybridized carbons (Fsp3) is 0.333. The molecule has 0 bridgehead atoms. The van der Waals surface area contributed by atoms with Gasteiger partial charge in [0.1, 0.15) is 0 Å². The zero-order chi connectivity index (χ0) is 20.3. The number of carbonyl (C=O) groups excluding carboxylic acids is 1. The van der Waals surface area contributed by atoms with Crippen LogP contribution in [0.1, 0.15) is 53.3 Å². The average molecular weight is 401 g/mol. The second-order valence-corrected chi connectivity index (χ2v) is 8.91. The van der Waals surface area contributed by atoms with Gasteiger partial charge in [-0.25, -0.2) is 13.2 Å². The molecule has 0 spiro atoms. The highest BCUT2D eigenvalue weighted by Crippen LogP contribution is 2.30. The molecule has 1 heterocycles. The molecular formula is C21H23NO5S. The van der Waals surface area contributed by atoms with Gasteiger partial charge in [-0.2, -0.15) is 4.31 Å². The third-order valence-corrected chi connectivity index (χ3v) is 6.85. The number of sulfonamides is 1. The molecule has 2 aromatic rings. The maximum absolute atomic E-state index is 13.2. The number of benzene rings is 2. The summed E-state index contributed by atoms with van der Waals surface area (Å²) in [6.07, 6.45) is 3.55. The molecule has 0 atom stereocenters. The van der Waals surface area contributed by atoms with Crippen molar-refractivity contribution in [2.75, 3.05) is 13.1 Å². The Hall–Kier alpha value is -2.51. The molecule has 1 fully saturated rings. The molecule has 2 aromatic carbocycles. The van der Waals surface area contributed by atoms with Crippen molar-refractivity contribution in [3.05, 3.63) is 53.6 Å². The molecule has 148 valence electrons. The third-order valence-electron chi connectivity index (χ3n) is 4.97. The SMILES string of the molecule is CC(=O)c1ccccc1-c1cc(C(=O)O)cc(S(=O)(=O)N2CCCCCC2)c1. The third kappa shape index (κ3) is 4.15. The molecule has 1 aliphatic heterocycles. The van der Waals surface area contributed by atoms with E-state index in [1.807, 2.05) is 0 Å². The first-order chi connectivity index (χ1) is 13.3. The van der Waals surface area contributed by atoms with Gasteiger partial charge in [0.2, 0.25) is 10.0 Å². The van der Waals surface area contributed by atoms with Crippen molar-refractivity contribution in [3.63, 3.8) is 0 Å². The summed E-state index contributed by atoms with van der Waals surface area (Å²) in [5.74, 6) is -1.39. The largest absolute Gasteiger partial charge is 0.478 e. The van der Waals surface area contributed by atoms with Crippen molar-refractivity contribution in [1.82, 2.24) is 4.31 Å². The summed E-state index contributed by atoms with van der Waals surface area (Å²) in [6.45, 7) is 2.28. The highest BCUT2D eigenvalue weighted by molar-refractivity contribution is 7.89. The fourth-order valence-electron chi connectivity index (χ4n) is 3.50. The van der Waals surface area contributed by atoms with Crippen molar-refractivity contribution < 1.29 is 23.1 Å². The Morgan fingerprint density at radius 3 is 2.21 bits per heavy atom. The number of carbonyl (C=O) groups is 2. The van der Waals surface area contributed by atoms with Gasteiger partial charge < -0.3 is 5.11 Å². The molecule has 6 nitrogen and oxygen atoms in total. The molecule has 0 saturated carbocycles. The molecule has 0 aromatic heterocycles. The number of aromatic carboxylic acids is 1. The van der Waals surface area contributed by atoms with Crippen LogP contribution in [0.2, 0.25) is 0 Å². The van der Waals surface area contributed by atoms with Crippen LogP contribution in [0, 0.1) is 0 Å². The minimum Gasteiger partial charge on any atom is -0.478 e. The van der Waals surface area contributed by atoms with E-state index in [2.05, 4.69) is 0 Å². The monoisotopic (exact) mass is 401 g/mol. The van der Waals surface area contributed by atoms with Gasteiger partial charge in [-0.3, -0.25) is 4.79 Å². The minimum absolute atomic E-state index is 0.0531. The van der Waals surface area contributed by atoms with Crippen molar-refractivity contribution in [2.24, 2.45) is 0 Å². The van der Waals surface area contributed by atoms with Crippen LogP contribution in [0.3, 0.4) is 0 Å². The Balaban J connectivity index is 2.16. The Kier molecular flexibility index (Phi) is 5.96. The number of carboxylic acids is 1. The van der Waals surface area contributed by atoms with Crippen LogP contribution in [-0.4, -0.2) is 42.7 Å². The van der Waals surface area contributed by atoms with E-state index in [1.165, 1.54) is 29.4 Å². The number of nitrogens with zero attached hydrogens (tertiary/aromatic N) is 1. The van der Waals surface area contributed by atoms with Crippen LogP contribution in [0.25, 0.3) is 11.1 Å². The average Bonchev–Trinajstić information content (AvgIpc) is 2.97. The number of Topliss-reactive ketones (excluding diaryl/α,β-unsaturated/α-hetero) is 1. The van der Waals surface area contributed by atoms with E-state index >= 15 is 0 Å². The van der Waals surface area contributed by atoms with E-state index in [0.29, 0.717) is 29.8 Å². The number of hydrogen-bond acceptors (Lipinski definition) is 4. The number of hydrogen-bond donors (Lipinski definition) is 1. The highest BCUT2D eigenvalue weighted by atomic mass is 32.2. The van der Waals surface area contributed by atoms with Crippen LogP contribution in [0.5, 0.6) is 0 Å². The minimum atomic E-state index is -3.82. The summed E-state index contributed by atoms with van der Waals surface area (Å²) in [7, 11) is -3.82. The Morgan fingerprint density at radius 1 is 0.964 bits per heavy atom. The van der Waals surface area contributed by atoms with Gasteiger partial charge in [-0.15, -0.1) is 0 Å². The molecule has 0 amide bonds. The summed E-state index contributed by atoms with van der Waals surface area (Å²) >= 11 is 0. The zero-order valence-electron chi connectivity index (χ0n) is 15.7. The molecule has 7 heteroatoms. The summed E-state index contributed by atoms with van der Waals surface area (Å²) in [4.78, 5) is 23.6. The lowest BCUT2D eigenvalue weighted by Crippen LogP contribution is -2.32. The molecule has 0 aliphatic carbocycles. The summed E-state index contributed by atoms with van der Waals surface area (Å²) in [6, 6.07) is 10.9. The smallest absolute Gasteiger partial charge is 0.335 e. The molecule has 1 aliphatic rings. The standard InChI is InChI=1S/C21H23NO5S/c1-15(23)19-8-4-5-9-20(19)16-12-17(21(24)25)14-18(13-16)28(26,27)22-10-6-2-3-7-11-22/h4-5,8-9,12-14H,2-3,6-7,10-11H2,1H3,(H,24,25). The Morgan fingerprint density at radius 2 is 1.61 bits per heavy atom. The predicted molar refractivity (Wildman–Crippen MR) is 106 cm³/mol. The number of carboxylic acid groups (broad SMARTS) is 1. The highest BCUT2D eigenvalue weighted by Gasteiger charge is 2.27. The van der Waals surface area contributed by atoms with Gasteiger partial charge >= 0.3 is 5.97 Å². The molecule has 1 N–H and O–H groups in total. The summed E-state index contributed by atoms with van der Waals surface area (Å²) in [5.41, 5.74) is 1.22. The molecule has 1 saturated heterocycles. The first-order valence-corrected chi connectivity index (χ1v) is 10.7. The lowest BCUT2D eigenvalue weighted by atomic mass is 9.96. The number of rotatable bonds is 5. The van der Waals surface area contributed by atoms with E-state index in [9.17, 15) is 23.1 Å². The quantitative estimate of drug-likeness (QED) is 0.769. The maximum Gasteiger partial charge on any atom is 0.335 e. The second kappa shape index (κ2) is 8.24. The van der Waals surface area contributed by atoms with Crippen LogP contribution >= 0.6 is 0 Å². The molecule has 3 rings (SSSR count). The maximum atomic E-state index is 13.2. The van der Waals surface area contributed by atoms with E-state index < -0.39 is 16.0 Å². The van der Waals surface area contributed by atoms with E-state index in [1.54, 1.807) is 24.3 Å². The van der Waals surface area contributed by atoms with E-state index in [4.69, 9.17) is 0 Å². The fourth-order valence-corrected chi connectivity index (χ4v) is 5.09. The normalized spacial score (nSPS) is 15.8. The lowest BCUT2D eigenvalue weighted by Gasteiger charge is -2.21. The van der Waals surface area contributed by atoms with Crippen LogP contribution in [0.15, 0.2) is 47.4 Å². The van der Waals surface area contributed by atoms with Gasteiger partial charge in [0, 0.05) is 18.7 Å². The lowest BCUT2D eigenvalue weighted by molar-refractivity contribution is 0.0696. The zero-order valence-corrected chi connectivity index (χ0v) is 16.5. The van der Waals surface area contributed by atoms with Crippen LogP contribution in [0.4, 0.5) is 0 Å². The van der Waals surface area contributed by atoms with Crippen LogP contribution in [-0.2, 0) is 10.0 Å². The topological polar surface area (TPSA) is 91.7 Å². The summed E-state index contributed by atoms with van der Waals surface area (Å²) in [5, 5.41) is 9.50. The Labute approximate surface area is 164 Å². The van der Waals surface area contributed by atoms with Gasteiger partial charge in [0.05, 0.1) is 10.5 Å². The number of ketones is 1. The Bertz CT molecular complexity index is 1010. The van der Waals surface area contributed by atoms with Crippen molar-refractivity contribution >= 4 is 21.8 Å². The molecule has 0 unspecified atom stereocenters. The molecule has 28 heavy (non-hydrogen) atoms. The predicted octanol–water partition coefficient (Wildman–Crippen LogP) is 3.82.